The lowest BCUT2D eigenvalue weighted by Gasteiger charge is -2.30. The highest BCUT2D eigenvalue weighted by Gasteiger charge is 2.36. The number of hydrogen-bond acceptors (Lipinski definition) is 2. The Bertz CT molecular complexity index is 3150. The molecule has 55 heavy (non-hydrogen) atoms. The minimum absolute atomic E-state index is 0.135. The van der Waals surface area contributed by atoms with Crippen molar-refractivity contribution in [1.82, 2.24) is 0 Å². The first-order chi connectivity index (χ1) is 27.0. The van der Waals surface area contributed by atoms with Gasteiger partial charge in [0.2, 0.25) is 0 Å². The number of furan rings is 1. The smallest absolute Gasteiger partial charge is 0.143 e. The van der Waals surface area contributed by atoms with E-state index in [0.717, 1.165) is 55.5 Å². The fourth-order valence-corrected chi connectivity index (χ4v) is 9.13. The van der Waals surface area contributed by atoms with Crippen molar-refractivity contribution in [3.8, 4) is 33.4 Å². The van der Waals surface area contributed by atoms with Crippen molar-refractivity contribution in [1.29, 1.82) is 0 Å². The number of para-hydroxylation sites is 1. The van der Waals surface area contributed by atoms with Crippen LogP contribution in [-0.4, -0.2) is 0 Å². The Hall–Kier alpha value is -6.90. The number of fused-ring (bicyclic) bond motifs is 9. The van der Waals surface area contributed by atoms with Crippen LogP contribution in [-0.2, 0) is 5.41 Å². The molecule has 1 heterocycles. The van der Waals surface area contributed by atoms with Gasteiger partial charge < -0.3 is 9.32 Å². The summed E-state index contributed by atoms with van der Waals surface area (Å²) in [6, 6.07) is 68.5. The van der Waals surface area contributed by atoms with Gasteiger partial charge in [0, 0.05) is 38.5 Å². The molecule has 9 aromatic carbocycles. The Labute approximate surface area is 320 Å². The molecule has 0 unspecified atom stereocenters. The van der Waals surface area contributed by atoms with E-state index in [0.29, 0.717) is 0 Å². The fraction of sp³-hybridized carbons (Fsp3) is 0.0566. The maximum Gasteiger partial charge on any atom is 0.143 e. The number of hydrogen-bond donors (Lipinski definition) is 0. The minimum Gasteiger partial charge on any atom is -0.455 e. The van der Waals surface area contributed by atoms with E-state index in [4.69, 9.17) is 4.42 Å². The van der Waals surface area contributed by atoms with Gasteiger partial charge in [-0.1, -0.05) is 153 Å². The van der Waals surface area contributed by atoms with Crippen molar-refractivity contribution < 1.29 is 4.42 Å². The van der Waals surface area contributed by atoms with Crippen LogP contribution in [0.2, 0.25) is 0 Å². The highest BCUT2D eigenvalue weighted by atomic mass is 16.3. The van der Waals surface area contributed by atoms with Crippen molar-refractivity contribution in [2.24, 2.45) is 0 Å². The topological polar surface area (TPSA) is 16.4 Å². The van der Waals surface area contributed by atoms with Gasteiger partial charge in [0.25, 0.3) is 0 Å². The van der Waals surface area contributed by atoms with Gasteiger partial charge in [-0.2, -0.15) is 0 Å². The summed E-state index contributed by atoms with van der Waals surface area (Å²) in [7, 11) is 0. The molecule has 1 aliphatic carbocycles. The molecular formula is C53H37NO. The van der Waals surface area contributed by atoms with Crippen LogP contribution < -0.4 is 4.90 Å². The Balaban J connectivity index is 1.15. The Kier molecular flexibility index (Phi) is 6.93. The van der Waals surface area contributed by atoms with E-state index in [-0.39, 0.29) is 5.41 Å². The number of rotatable bonds is 5. The summed E-state index contributed by atoms with van der Waals surface area (Å²) < 4.78 is 6.68. The molecule has 0 fully saturated rings. The summed E-state index contributed by atoms with van der Waals surface area (Å²) in [6.07, 6.45) is 0. The highest BCUT2D eigenvalue weighted by Crippen LogP contribution is 2.52. The number of anilines is 3. The van der Waals surface area contributed by atoms with E-state index in [1.807, 2.05) is 0 Å². The minimum atomic E-state index is -0.135. The van der Waals surface area contributed by atoms with Crippen molar-refractivity contribution in [2.75, 3.05) is 4.90 Å². The average Bonchev–Trinajstić information content (AvgIpc) is 3.73. The zero-order valence-corrected chi connectivity index (χ0v) is 30.8. The Morgan fingerprint density at radius 1 is 0.418 bits per heavy atom. The van der Waals surface area contributed by atoms with Crippen LogP contribution in [0.3, 0.4) is 0 Å². The molecule has 0 atom stereocenters. The van der Waals surface area contributed by atoms with Crippen molar-refractivity contribution in [2.45, 2.75) is 19.3 Å². The maximum atomic E-state index is 6.68. The van der Waals surface area contributed by atoms with Gasteiger partial charge in [-0.05, 0) is 104 Å². The van der Waals surface area contributed by atoms with Crippen molar-refractivity contribution in [3.63, 3.8) is 0 Å². The SMILES string of the molecule is CC1(C)c2ccccc2-c2ccc(N(c3cccc(-c4ccc5ccccc5c4)c3)c3ccccc3-c3cccc4oc5c6ccccc6ccc5c34)cc21. The molecule has 260 valence electrons. The van der Waals surface area contributed by atoms with Crippen LogP contribution in [0.5, 0.6) is 0 Å². The van der Waals surface area contributed by atoms with Gasteiger partial charge in [0.15, 0.2) is 0 Å². The lowest BCUT2D eigenvalue weighted by molar-refractivity contribution is 0.660. The molecule has 0 N–H and O–H groups in total. The molecule has 0 aliphatic heterocycles. The first-order valence-electron chi connectivity index (χ1n) is 19.1. The molecule has 10 aromatic rings. The summed E-state index contributed by atoms with van der Waals surface area (Å²) in [4.78, 5) is 2.45. The monoisotopic (exact) mass is 703 g/mol. The first kappa shape index (κ1) is 31.6. The molecule has 0 saturated heterocycles. The molecule has 2 heteroatoms. The fourth-order valence-electron chi connectivity index (χ4n) is 9.13. The van der Waals surface area contributed by atoms with Gasteiger partial charge in [-0.3, -0.25) is 0 Å². The van der Waals surface area contributed by atoms with Crippen LogP contribution in [0.1, 0.15) is 25.0 Å². The van der Waals surface area contributed by atoms with E-state index in [1.165, 1.54) is 49.5 Å². The zero-order chi connectivity index (χ0) is 36.7. The van der Waals surface area contributed by atoms with Gasteiger partial charge in [0.1, 0.15) is 11.2 Å². The average molecular weight is 704 g/mol. The van der Waals surface area contributed by atoms with Crippen LogP contribution in [0.4, 0.5) is 17.1 Å². The maximum absolute atomic E-state index is 6.68. The van der Waals surface area contributed by atoms with E-state index >= 15 is 0 Å². The van der Waals surface area contributed by atoms with Gasteiger partial charge in [-0.15, -0.1) is 0 Å². The molecular weight excluding hydrogens is 667 g/mol. The third-order valence-electron chi connectivity index (χ3n) is 11.8. The molecule has 0 bridgehead atoms. The summed E-state index contributed by atoms with van der Waals surface area (Å²) in [5.74, 6) is 0. The third-order valence-corrected chi connectivity index (χ3v) is 11.8. The molecule has 0 spiro atoms. The predicted octanol–water partition coefficient (Wildman–Crippen LogP) is 15.0. The molecule has 0 amide bonds. The Morgan fingerprint density at radius 3 is 2.00 bits per heavy atom. The Morgan fingerprint density at radius 2 is 1.09 bits per heavy atom. The third kappa shape index (κ3) is 4.88. The van der Waals surface area contributed by atoms with Crippen molar-refractivity contribution >= 4 is 60.5 Å². The summed E-state index contributed by atoms with van der Waals surface area (Å²) in [5.41, 5.74) is 15.0. The summed E-state index contributed by atoms with van der Waals surface area (Å²) >= 11 is 0. The van der Waals surface area contributed by atoms with E-state index in [2.05, 4.69) is 207 Å². The van der Waals surface area contributed by atoms with E-state index < -0.39 is 0 Å². The van der Waals surface area contributed by atoms with Crippen LogP contribution in [0.25, 0.3) is 76.9 Å². The van der Waals surface area contributed by atoms with Gasteiger partial charge in [-0.25, -0.2) is 0 Å². The van der Waals surface area contributed by atoms with Crippen LogP contribution >= 0.6 is 0 Å². The van der Waals surface area contributed by atoms with E-state index in [9.17, 15) is 0 Å². The molecule has 0 saturated carbocycles. The zero-order valence-electron chi connectivity index (χ0n) is 30.8. The van der Waals surface area contributed by atoms with Gasteiger partial charge in [0.05, 0.1) is 5.69 Å². The summed E-state index contributed by atoms with van der Waals surface area (Å²) in [6.45, 7) is 4.71. The standard InChI is InChI=1S/C53H37NO/c1-53(2)47-22-9-7-19-42(47)43-30-28-40(33-48(43)53)54(39-17-11-16-37(32-39)38-26-25-34-13-3-4-15-36(34)31-38)49-23-10-8-20-44(49)45-21-12-24-50-51(45)46-29-27-35-14-5-6-18-41(35)52(46)55-50/h3-33H,1-2H3. The first-order valence-corrected chi connectivity index (χ1v) is 19.1. The summed E-state index contributed by atoms with van der Waals surface area (Å²) in [5, 5.41) is 7.04. The van der Waals surface area contributed by atoms with Crippen molar-refractivity contribution in [3.05, 3.63) is 199 Å². The molecule has 1 aromatic heterocycles. The second kappa shape index (κ2) is 12.1. The predicted molar refractivity (Wildman–Crippen MR) is 232 cm³/mol. The van der Waals surface area contributed by atoms with E-state index in [1.54, 1.807) is 0 Å². The molecule has 11 rings (SSSR count). The lowest BCUT2D eigenvalue weighted by Crippen LogP contribution is -2.17. The molecule has 2 nitrogen and oxygen atoms in total. The van der Waals surface area contributed by atoms with Gasteiger partial charge >= 0.3 is 0 Å². The molecule has 0 radical (unpaired) electrons. The largest absolute Gasteiger partial charge is 0.455 e. The second-order valence-electron chi connectivity index (χ2n) is 15.3. The quantitative estimate of drug-likeness (QED) is 0.177. The highest BCUT2D eigenvalue weighted by molar-refractivity contribution is 6.19. The normalized spacial score (nSPS) is 13.1. The lowest BCUT2D eigenvalue weighted by atomic mass is 9.82. The second-order valence-corrected chi connectivity index (χ2v) is 15.3. The van der Waals surface area contributed by atoms with Crippen LogP contribution in [0, 0.1) is 0 Å². The molecule has 1 aliphatic rings. The number of nitrogens with zero attached hydrogens (tertiary/aromatic N) is 1. The van der Waals surface area contributed by atoms with Crippen LogP contribution in [0.15, 0.2) is 192 Å². The number of benzene rings is 9.